The fourth-order valence-corrected chi connectivity index (χ4v) is 1.63. The van der Waals surface area contributed by atoms with Gasteiger partial charge in [0.05, 0.1) is 10.5 Å². The van der Waals surface area contributed by atoms with Crippen molar-refractivity contribution in [3.8, 4) is 0 Å². The van der Waals surface area contributed by atoms with Crippen molar-refractivity contribution in [1.82, 2.24) is 10.3 Å². The van der Waals surface area contributed by atoms with Crippen LogP contribution < -0.4 is 5.32 Å². The van der Waals surface area contributed by atoms with E-state index in [4.69, 9.17) is 11.6 Å². The zero-order chi connectivity index (χ0) is 16.0. The maximum atomic E-state index is 11.9. The van der Waals surface area contributed by atoms with E-state index in [1.807, 2.05) is 0 Å². The summed E-state index contributed by atoms with van der Waals surface area (Å²) < 4.78 is 35.7. The molecular formula is C11H11ClF3N3O3. The molecule has 1 heterocycles. The third-order valence-corrected chi connectivity index (χ3v) is 2.75. The van der Waals surface area contributed by atoms with E-state index in [0.29, 0.717) is 0 Å². The Balaban J connectivity index is 2.52. The van der Waals surface area contributed by atoms with Gasteiger partial charge in [0.2, 0.25) is 0 Å². The van der Waals surface area contributed by atoms with Crippen LogP contribution >= 0.6 is 11.6 Å². The second-order valence-electron chi connectivity index (χ2n) is 4.12. The van der Waals surface area contributed by atoms with Crippen molar-refractivity contribution >= 4 is 23.2 Å². The van der Waals surface area contributed by atoms with Crippen LogP contribution in [0.3, 0.4) is 0 Å². The van der Waals surface area contributed by atoms with E-state index < -0.39 is 29.1 Å². The van der Waals surface area contributed by atoms with Crippen LogP contribution in [0, 0.1) is 10.1 Å². The summed E-state index contributed by atoms with van der Waals surface area (Å²) in [4.78, 5) is 25.1. The summed E-state index contributed by atoms with van der Waals surface area (Å²) >= 11 is 5.65. The number of pyridine rings is 1. The number of alkyl halides is 3. The topological polar surface area (TPSA) is 85.1 Å². The van der Waals surface area contributed by atoms with Crippen molar-refractivity contribution < 1.29 is 22.9 Å². The van der Waals surface area contributed by atoms with E-state index in [2.05, 4.69) is 10.3 Å². The fourth-order valence-electron chi connectivity index (χ4n) is 1.44. The van der Waals surface area contributed by atoms with Crippen molar-refractivity contribution in [3.63, 3.8) is 0 Å². The number of nitrogens with one attached hydrogen (secondary N) is 1. The summed E-state index contributed by atoms with van der Waals surface area (Å²) in [6.45, 7) is 0.00787. The van der Waals surface area contributed by atoms with E-state index in [-0.39, 0.29) is 30.1 Å². The number of halogens is 4. The number of nitro groups is 1. The largest absolute Gasteiger partial charge is 0.389 e. The molecule has 0 aliphatic carbocycles. The third-order valence-electron chi connectivity index (χ3n) is 2.45. The number of nitrogens with zero attached hydrogens (tertiary/aromatic N) is 2. The lowest BCUT2D eigenvalue weighted by molar-refractivity contribution is -0.385. The lowest BCUT2D eigenvalue weighted by Gasteiger charge is -2.07. The van der Waals surface area contributed by atoms with Gasteiger partial charge in [0.15, 0.2) is 0 Å². The monoisotopic (exact) mass is 325 g/mol. The molecule has 0 fully saturated rings. The van der Waals surface area contributed by atoms with Gasteiger partial charge in [-0.05, 0) is 12.8 Å². The number of rotatable bonds is 6. The SMILES string of the molecule is O=C(NCCCCC(F)(F)F)c1cc([N+](=O)[O-])cnc1Cl. The minimum Gasteiger partial charge on any atom is -0.352 e. The first-order valence-electron chi connectivity index (χ1n) is 5.85. The average Bonchev–Trinajstić information content (AvgIpc) is 2.36. The number of amides is 1. The van der Waals surface area contributed by atoms with Gasteiger partial charge in [0.1, 0.15) is 11.3 Å². The molecule has 0 atom stereocenters. The maximum Gasteiger partial charge on any atom is 0.389 e. The molecule has 1 N–H and O–H groups in total. The molecule has 0 saturated heterocycles. The first-order valence-corrected chi connectivity index (χ1v) is 6.23. The molecule has 1 amide bonds. The molecule has 0 aromatic carbocycles. The van der Waals surface area contributed by atoms with Gasteiger partial charge in [-0.2, -0.15) is 13.2 Å². The Morgan fingerprint density at radius 2 is 2.10 bits per heavy atom. The van der Waals surface area contributed by atoms with Crippen LogP contribution in [0.2, 0.25) is 5.15 Å². The summed E-state index contributed by atoms with van der Waals surface area (Å²) in [6.07, 6.45) is -4.24. The molecule has 0 spiro atoms. The van der Waals surface area contributed by atoms with Gasteiger partial charge in [-0.1, -0.05) is 11.6 Å². The summed E-state index contributed by atoms with van der Waals surface area (Å²) in [5.41, 5.74) is -0.594. The normalized spacial score (nSPS) is 11.2. The van der Waals surface area contributed by atoms with Gasteiger partial charge in [-0.15, -0.1) is 0 Å². The molecule has 0 saturated carbocycles. The molecule has 1 aromatic heterocycles. The summed E-state index contributed by atoms with van der Waals surface area (Å²) in [6, 6.07) is 0.959. The van der Waals surface area contributed by atoms with Crippen molar-refractivity contribution in [2.75, 3.05) is 6.54 Å². The van der Waals surface area contributed by atoms with Crippen molar-refractivity contribution in [3.05, 3.63) is 33.1 Å². The molecule has 21 heavy (non-hydrogen) atoms. The third kappa shape index (κ3) is 5.94. The number of unbranched alkanes of at least 4 members (excludes halogenated alkanes) is 1. The van der Waals surface area contributed by atoms with Crippen LogP contribution in [0.4, 0.5) is 18.9 Å². The number of carbonyl (C=O) groups is 1. The molecular weight excluding hydrogens is 315 g/mol. The van der Waals surface area contributed by atoms with Gasteiger partial charge in [-0.25, -0.2) is 4.98 Å². The Kier molecular flexibility index (Phi) is 5.89. The molecule has 0 unspecified atom stereocenters. The number of carbonyl (C=O) groups excluding carboxylic acids is 1. The molecule has 0 radical (unpaired) electrons. The summed E-state index contributed by atoms with van der Waals surface area (Å²) in [5.74, 6) is -0.719. The second-order valence-corrected chi connectivity index (χ2v) is 4.48. The summed E-state index contributed by atoms with van der Waals surface area (Å²) in [7, 11) is 0. The van der Waals surface area contributed by atoms with Crippen molar-refractivity contribution in [1.29, 1.82) is 0 Å². The highest BCUT2D eigenvalue weighted by molar-refractivity contribution is 6.32. The number of aromatic nitrogens is 1. The Bertz CT molecular complexity index is 537. The van der Waals surface area contributed by atoms with Gasteiger partial charge < -0.3 is 5.32 Å². The average molecular weight is 326 g/mol. The van der Waals surface area contributed by atoms with E-state index in [1.165, 1.54) is 0 Å². The van der Waals surface area contributed by atoms with Crippen LogP contribution in [-0.4, -0.2) is 28.5 Å². The maximum absolute atomic E-state index is 11.9. The highest BCUT2D eigenvalue weighted by Crippen LogP contribution is 2.22. The van der Waals surface area contributed by atoms with Gasteiger partial charge in [-0.3, -0.25) is 14.9 Å². The van der Waals surface area contributed by atoms with Gasteiger partial charge in [0.25, 0.3) is 11.6 Å². The quantitative estimate of drug-likeness (QED) is 0.377. The Hall–Kier alpha value is -1.90. The molecule has 0 aliphatic rings. The van der Waals surface area contributed by atoms with Crippen molar-refractivity contribution in [2.24, 2.45) is 0 Å². The predicted octanol–water partition coefficient (Wildman–Crippen LogP) is 3.11. The van der Waals surface area contributed by atoms with E-state index in [1.54, 1.807) is 0 Å². The molecule has 1 aromatic rings. The number of hydrogen-bond donors (Lipinski definition) is 1. The van der Waals surface area contributed by atoms with E-state index in [0.717, 1.165) is 12.3 Å². The molecule has 0 aliphatic heterocycles. The Morgan fingerprint density at radius 1 is 1.43 bits per heavy atom. The number of hydrogen-bond acceptors (Lipinski definition) is 4. The highest BCUT2D eigenvalue weighted by Gasteiger charge is 2.25. The van der Waals surface area contributed by atoms with Crippen LogP contribution in [0.15, 0.2) is 12.3 Å². The smallest absolute Gasteiger partial charge is 0.352 e. The van der Waals surface area contributed by atoms with E-state index in [9.17, 15) is 28.1 Å². The minimum atomic E-state index is -4.22. The Morgan fingerprint density at radius 3 is 2.67 bits per heavy atom. The lowest BCUT2D eigenvalue weighted by atomic mass is 10.2. The van der Waals surface area contributed by atoms with Gasteiger partial charge in [0, 0.05) is 19.0 Å². The minimum absolute atomic E-state index is 0.00787. The molecule has 6 nitrogen and oxygen atoms in total. The van der Waals surface area contributed by atoms with Crippen LogP contribution in [0.25, 0.3) is 0 Å². The summed E-state index contributed by atoms with van der Waals surface area (Å²) in [5, 5.41) is 12.7. The predicted molar refractivity (Wildman–Crippen MR) is 68.1 cm³/mol. The highest BCUT2D eigenvalue weighted by atomic mass is 35.5. The van der Waals surface area contributed by atoms with E-state index >= 15 is 0 Å². The molecule has 0 bridgehead atoms. The second kappa shape index (κ2) is 7.21. The van der Waals surface area contributed by atoms with Crippen LogP contribution in [0.1, 0.15) is 29.6 Å². The fraction of sp³-hybridized carbons (Fsp3) is 0.455. The molecule has 1 rings (SSSR count). The first-order chi connectivity index (χ1) is 9.70. The van der Waals surface area contributed by atoms with Gasteiger partial charge >= 0.3 is 6.18 Å². The van der Waals surface area contributed by atoms with Crippen LogP contribution in [0.5, 0.6) is 0 Å². The zero-order valence-corrected chi connectivity index (χ0v) is 11.4. The first kappa shape index (κ1) is 17.2. The molecule has 116 valence electrons. The van der Waals surface area contributed by atoms with Crippen molar-refractivity contribution in [2.45, 2.75) is 25.4 Å². The standard InChI is InChI=1S/C11H11ClF3N3O3/c12-9-8(5-7(6-17-9)18(20)21)10(19)16-4-2-1-3-11(13,14)15/h5-6H,1-4H2,(H,16,19). The van der Waals surface area contributed by atoms with Crippen LogP contribution in [-0.2, 0) is 0 Å². The lowest BCUT2D eigenvalue weighted by Crippen LogP contribution is -2.25. The zero-order valence-electron chi connectivity index (χ0n) is 10.6. The molecule has 10 heteroatoms. The Labute approximate surface area is 122 Å².